The van der Waals surface area contributed by atoms with Crippen LogP contribution in [0.25, 0.3) is 0 Å². The number of aliphatic hydroxyl groups is 1. The maximum atomic E-state index is 13.5. The van der Waals surface area contributed by atoms with Gasteiger partial charge in [0.1, 0.15) is 5.82 Å². The number of hydrogen-bond donors (Lipinski definition) is 2. The normalized spacial score (nSPS) is 13.4. The van der Waals surface area contributed by atoms with Crippen molar-refractivity contribution < 1.29 is 9.50 Å². The smallest absolute Gasteiger partial charge is 0.129 e. The molecule has 0 bridgehead atoms. The molecule has 2 N–H and O–H groups in total. The number of halogens is 1. The highest BCUT2D eigenvalue weighted by Crippen LogP contribution is 2.23. The third-order valence-corrected chi connectivity index (χ3v) is 3.66. The molecular formula is C17H28FNO. The van der Waals surface area contributed by atoms with Crippen molar-refractivity contribution in [2.24, 2.45) is 5.41 Å². The van der Waals surface area contributed by atoms with E-state index in [0.29, 0.717) is 12.1 Å². The second-order valence-electron chi connectivity index (χ2n) is 6.29. The summed E-state index contributed by atoms with van der Waals surface area (Å²) in [5, 5.41) is 13.3. The van der Waals surface area contributed by atoms with Crippen LogP contribution in [0.4, 0.5) is 4.39 Å². The number of aliphatic hydroxyl groups excluding tert-OH is 1. The Morgan fingerprint density at radius 3 is 2.60 bits per heavy atom. The van der Waals surface area contributed by atoms with Crippen molar-refractivity contribution in [2.75, 3.05) is 13.1 Å². The molecule has 1 atom stereocenters. The molecule has 0 aliphatic rings. The van der Waals surface area contributed by atoms with Crippen LogP contribution in [0, 0.1) is 11.2 Å². The molecule has 0 spiro atoms. The number of hydrogen-bond acceptors (Lipinski definition) is 2. The van der Waals surface area contributed by atoms with E-state index in [1.54, 1.807) is 18.2 Å². The summed E-state index contributed by atoms with van der Waals surface area (Å²) in [4.78, 5) is 0. The number of unbranched alkanes of at least 4 members (excludes halogenated alkanes) is 2. The molecule has 0 fully saturated rings. The first-order chi connectivity index (χ1) is 9.46. The topological polar surface area (TPSA) is 32.3 Å². The second kappa shape index (κ2) is 8.38. The monoisotopic (exact) mass is 281 g/mol. The van der Waals surface area contributed by atoms with Gasteiger partial charge in [-0.25, -0.2) is 4.39 Å². The summed E-state index contributed by atoms with van der Waals surface area (Å²) in [6.45, 7) is 7.88. The van der Waals surface area contributed by atoms with Crippen LogP contribution in [0.15, 0.2) is 24.3 Å². The maximum absolute atomic E-state index is 13.5. The molecule has 0 aliphatic carbocycles. The predicted octanol–water partition coefficient (Wildman–Crippen LogP) is 4.06. The Morgan fingerprint density at radius 1 is 1.25 bits per heavy atom. The van der Waals surface area contributed by atoms with Gasteiger partial charge in [-0.3, -0.25) is 0 Å². The second-order valence-corrected chi connectivity index (χ2v) is 6.29. The zero-order valence-electron chi connectivity index (χ0n) is 13.0. The molecule has 0 saturated heterocycles. The molecule has 114 valence electrons. The van der Waals surface area contributed by atoms with Gasteiger partial charge in [0.05, 0.1) is 6.10 Å². The van der Waals surface area contributed by atoms with Gasteiger partial charge in [0.2, 0.25) is 0 Å². The van der Waals surface area contributed by atoms with Gasteiger partial charge in [0.25, 0.3) is 0 Å². The van der Waals surface area contributed by atoms with Crippen molar-refractivity contribution in [2.45, 2.75) is 52.6 Å². The molecule has 0 radical (unpaired) electrons. The van der Waals surface area contributed by atoms with Gasteiger partial charge in [-0.2, -0.15) is 0 Å². The average Bonchev–Trinajstić information content (AvgIpc) is 2.39. The fraction of sp³-hybridized carbons (Fsp3) is 0.647. The van der Waals surface area contributed by atoms with Crippen LogP contribution in [0.5, 0.6) is 0 Å². The quantitative estimate of drug-likeness (QED) is 0.669. The zero-order valence-corrected chi connectivity index (χ0v) is 13.0. The molecule has 3 heteroatoms. The van der Waals surface area contributed by atoms with Gasteiger partial charge >= 0.3 is 0 Å². The van der Waals surface area contributed by atoms with Crippen LogP contribution in [0.3, 0.4) is 0 Å². The van der Waals surface area contributed by atoms with E-state index < -0.39 is 6.10 Å². The van der Waals surface area contributed by atoms with Crippen molar-refractivity contribution in [3.63, 3.8) is 0 Å². The summed E-state index contributed by atoms with van der Waals surface area (Å²) >= 11 is 0. The van der Waals surface area contributed by atoms with E-state index in [4.69, 9.17) is 0 Å². The van der Waals surface area contributed by atoms with Crippen LogP contribution in [0.2, 0.25) is 0 Å². The summed E-state index contributed by atoms with van der Waals surface area (Å²) in [5.41, 5.74) is 0.577. The molecule has 1 unspecified atom stereocenters. The summed E-state index contributed by atoms with van der Waals surface area (Å²) in [7, 11) is 0. The van der Waals surface area contributed by atoms with Crippen molar-refractivity contribution in [1.29, 1.82) is 0 Å². The average molecular weight is 281 g/mol. The van der Waals surface area contributed by atoms with Crippen LogP contribution >= 0.6 is 0 Å². The van der Waals surface area contributed by atoms with E-state index in [1.165, 1.54) is 31.7 Å². The summed E-state index contributed by atoms with van der Waals surface area (Å²) in [5.74, 6) is -0.344. The lowest BCUT2D eigenvalue weighted by molar-refractivity contribution is 0.162. The Labute approximate surface area is 122 Å². The van der Waals surface area contributed by atoms with Crippen molar-refractivity contribution >= 4 is 0 Å². The van der Waals surface area contributed by atoms with E-state index in [1.807, 2.05) is 0 Å². The van der Waals surface area contributed by atoms with Crippen molar-refractivity contribution in [3.05, 3.63) is 35.6 Å². The van der Waals surface area contributed by atoms with E-state index in [2.05, 4.69) is 26.1 Å². The molecular weight excluding hydrogens is 253 g/mol. The van der Waals surface area contributed by atoms with Gasteiger partial charge in [0, 0.05) is 18.7 Å². The lowest BCUT2D eigenvalue weighted by Gasteiger charge is -2.26. The van der Waals surface area contributed by atoms with Crippen LogP contribution < -0.4 is 5.32 Å². The Balaban J connectivity index is 2.34. The highest BCUT2D eigenvalue weighted by Gasteiger charge is 2.18. The minimum absolute atomic E-state index is 0.212. The number of rotatable bonds is 9. The van der Waals surface area contributed by atoms with Gasteiger partial charge in [-0.1, -0.05) is 58.2 Å². The minimum atomic E-state index is -0.789. The summed E-state index contributed by atoms with van der Waals surface area (Å²) in [6.07, 6.45) is 4.12. The van der Waals surface area contributed by atoms with Crippen molar-refractivity contribution in [1.82, 2.24) is 5.32 Å². The summed E-state index contributed by atoms with van der Waals surface area (Å²) in [6, 6.07) is 6.40. The standard InChI is InChI=1S/C17H28FNO/c1-4-5-8-11-17(2,3)13-19-12-16(20)14-9-6-7-10-15(14)18/h6-7,9-10,16,19-20H,4-5,8,11-13H2,1-3H3. The maximum Gasteiger partial charge on any atom is 0.129 e. The summed E-state index contributed by atoms with van der Waals surface area (Å²) < 4.78 is 13.5. The Kier molecular flexibility index (Phi) is 7.17. The molecule has 20 heavy (non-hydrogen) atoms. The molecule has 1 rings (SSSR count). The molecule has 0 saturated carbocycles. The molecule has 0 heterocycles. The number of benzene rings is 1. The van der Waals surface area contributed by atoms with Gasteiger partial charge in [-0.15, -0.1) is 0 Å². The first-order valence-electron chi connectivity index (χ1n) is 7.59. The van der Waals surface area contributed by atoms with Gasteiger partial charge < -0.3 is 10.4 Å². The van der Waals surface area contributed by atoms with Gasteiger partial charge in [0.15, 0.2) is 0 Å². The number of nitrogens with one attached hydrogen (secondary N) is 1. The minimum Gasteiger partial charge on any atom is -0.387 e. The van der Waals surface area contributed by atoms with E-state index >= 15 is 0 Å². The molecule has 0 amide bonds. The van der Waals surface area contributed by atoms with E-state index in [0.717, 1.165) is 6.54 Å². The third kappa shape index (κ3) is 6.02. The molecule has 0 aromatic heterocycles. The lowest BCUT2D eigenvalue weighted by atomic mass is 9.87. The molecule has 1 aromatic rings. The largest absolute Gasteiger partial charge is 0.387 e. The first-order valence-corrected chi connectivity index (χ1v) is 7.59. The lowest BCUT2D eigenvalue weighted by Crippen LogP contribution is -2.32. The van der Waals surface area contributed by atoms with Crippen molar-refractivity contribution in [3.8, 4) is 0 Å². The highest BCUT2D eigenvalue weighted by molar-refractivity contribution is 5.19. The van der Waals surface area contributed by atoms with Crippen LogP contribution in [-0.4, -0.2) is 18.2 Å². The Morgan fingerprint density at radius 2 is 1.95 bits per heavy atom. The predicted molar refractivity (Wildman–Crippen MR) is 82.2 cm³/mol. The third-order valence-electron chi connectivity index (χ3n) is 3.66. The van der Waals surface area contributed by atoms with Crippen LogP contribution in [-0.2, 0) is 0 Å². The van der Waals surface area contributed by atoms with E-state index in [9.17, 15) is 9.50 Å². The Bertz CT molecular complexity index is 392. The molecule has 0 aliphatic heterocycles. The first kappa shape index (κ1) is 17.1. The molecule has 2 nitrogen and oxygen atoms in total. The van der Waals surface area contributed by atoms with Gasteiger partial charge in [-0.05, 0) is 17.9 Å². The van der Waals surface area contributed by atoms with E-state index in [-0.39, 0.29) is 11.2 Å². The SMILES string of the molecule is CCCCCC(C)(C)CNCC(O)c1ccccc1F. The zero-order chi connectivity index (χ0) is 15.0. The fourth-order valence-electron chi connectivity index (χ4n) is 2.34. The highest BCUT2D eigenvalue weighted by atomic mass is 19.1. The molecule has 1 aromatic carbocycles. The Hall–Kier alpha value is -0.930. The van der Waals surface area contributed by atoms with Crippen LogP contribution in [0.1, 0.15) is 58.1 Å². The fourth-order valence-corrected chi connectivity index (χ4v) is 2.34.